The highest BCUT2D eigenvalue weighted by molar-refractivity contribution is 8.15. The van der Waals surface area contributed by atoms with Gasteiger partial charge in [-0.1, -0.05) is 11.8 Å². The number of rotatable bonds is 3. The van der Waals surface area contributed by atoms with E-state index in [1.807, 2.05) is 0 Å². The van der Waals surface area contributed by atoms with Gasteiger partial charge in [0.1, 0.15) is 5.25 Å². The summed E-state index contributed by atoms with van der Waals surface area (Å²) in [6, 6.07) is 0. The number of carboxylic acids is 1. The molecule has 1 rings (SSSR count). The summed E-state index contributed by atoms with van der Waals surface area (Å²) in [6.07, 6.45) is -0.216. The Morgan fingerprint density at radius 3 is 3.00 bits per heavy atom. The zero-order valence-electron chi connectivity index (χ0n) is 6.56. The number of nitrogens with one attached hydrogen (secondary N) is 1. The number of thioether (sulfide) groups is 1. The van der Waals surface area contributed by atoms with Crippen LogP contribution in [0, 0.1) is 0 Å². The molecule has 1 atom stereocenters. The van der Waals surface area contributed by atoms with E-state index in [1.54, 1.807) is 0 Å². The van der Waals surface area contributed by atoms with Crippen molar-refractivity contribution >= 4 is 35.5 Å². The molecule has 1 aliphatic rings. The number of hydrogen-bond donors (Lipinski definition) is 2. The summed E-state index contributed by atoms with van der Waals surface area (Å²) in [7, 11) is 0. The third-order valence-electron chi connectivity index (χ3n) is 1.30. The minimum atomic E-state index is -1.01. The molecule has 1 saturated heterocycles. The molecule has 1 heterocycles. The van der Waals surface area contributed by atoms with E-state index in [0.717, 1.165) is 11.8 Å². The van der Waals surface area contributed by atoms with Gasteiger partial charge in [-0.2, -0.15) is 5.10 Å². The molecule has 6 nitrogen and oxygen atoms in total. The van der Waals surface area contributed by atoms with Gasteiger partial charge >= 0.3 is 5.97 Å². The number of carbonyl (C=O) groups is 2. The average molecular weight is 201 g/mol. The molecule has 1 amide bonds. The normalized spacial score (nSPS) is 24.5. The fraction of sp³-hybridized carbons (Fsp3) is 0.333. The van der Waals surface area contributed by atoms with E-state index in [0.29, 0.717) is 5.17 Å². The maximum atomic E-state index is 11.1. The van der Waals surface area contributed by atoms with Gasteiger partial charge in [0.2, 0.25) is 5.91 Å². The summed E-state index contributed by atoms with van der Waals surface area (Å²) in [5.41, 5.74) is 0. The first-order valence-corrected chi connectivity index (χ1v) is 4.24. The molecule has 0 bridgehead atoms. The summed E-state index contributed by atoms with van der Waals surface area (Å²) >= 11 is 1.05. The van der Waals surface area contributed by atoms with Crippen LogP contribution in [0.5, 0.6) is 0 Å². The van der Waals surface area contributed by atoms with E-state index in [-0.39, 0.29) is 12.3 Å². The lowest BCUT2D eigenvalue weighted by molar-refractivity contribution is -0.138. The van der Waals surface area contributed by atoms with Crippen molar-refractivity contribution in [3.63, 3.8) is 0 Å². The van der Waals surface area contributed by atoms with Crippen LogP contribution in [0.15, 0.2) is 10.2 Å². The Hall–Kier alpha value is -1.37. The van der Waals surface area contributed by atoms with Crippen molar-refractivity contribution in [3.8, 4) is 0 Å². The molecule has 0 saturated carbocycles. The summed E-state index contributed by atoms with van der Waals surface area (Å²) < 4.78 is 0. The lowest BCUT2D eigenvalue weighted by Gasteiger charge is -1.97. The predicted molar refractivity (Wildman–Crippen MR) is 48.8 cm³/mol. The van der Waals surface area contributed by atoms with Crippen LogP contribution in [0.1, 0.15) is 6.42 Å². The van der Waals surface area contributed by atoms with E-state index < -0.39 is 11.2 Å². The molecule has 7 heteroatoms. The summed E-state index contributed by atoms with van der Waals surface area (Å²) in [5.74, 6) is -1.37. The number of amides is 1. The van der Waals surface area contributed by atoms with Gasteiger partial charge in [0.05, 0.1) is 6.42 Å². The maximum Gasteiger partial charge on any atom is 0.305 e. The molecule has 0 aromatic heterocycles. The number of hydrogen-bond acceptors (Lipinski definition) is 5. The Morgan fingerprint density at radius 2 is 2.46 bits per heavy atom. The second kappa shape index (κ2) is 4.04. The molecule has 0 radical (unpaired) electrons. The fourth-order valence-corrected chi connectivity index (χ4v) is 1.74. The van der Waals surface area contributed by atoms with E-state index in [4.69, 9.17) is 5.11 Å². The molecule has 0 aliphatic carbocycles. The van der Waals surface area contributed by atoms with Crippen molar-refractivity contribution in [2.45, 2.75) is 11.7 Å². The van der Waals surface area contributed by atoms with Crippen LogP contribution in [0.2, 0.25) is 0 Å². The van der Waals surface area contributed by atoms with Crippen LogP contribution < -0.4 is 5.32 Å². The zero-order chi connectivity index (χ0) is 9.84. The molecule has 1 aliphatic heterocycles. The Labute approximate surface area is 78.1 Å². The SMILES string of the molecule is C=N/N=C1\NC(=O)C(CC(=O)O)S1. The quantitative estimate of drug-likeness (QED) is 0.483. The molecule has 1 unspecified atom stereocenters. The number of nitrogens with zero attached hydrogens (tertiary/aromatic N) is 2. The third kappa shape index (κ3) is 2.55. The minimum absolute atomic E-state index is 0.216. The zero-order valence-corrected chi connectivity index (χ0v) is 7.37. The largest absolute Gasteiger partial charge is 0.481 e. The first kappa shape index (κ1) is 9.72. The standard InChI is InChI=1S/C6H7N3O3S/c1-7-9-6-8-5(12)3(13-6)2-4(10)11/h3H,1-2H2,(H,10,11)(H,8,9,12). The molecule has 1 fully saturated rings. The fourth-order valence-electron chi connectivity index (χ4n) is 0.809. The van der Waals surface area contributed by atoms with Crippen LogP contribution in [-0.2, 0) is 9.59 Å². The van der Waals surface area contributed by atoms with Crippen molar-refractivity contribution in [2.24, 2.45) is 10.2 Å². The molecule has 0 spiro atoms. The van der Waals surface area contributed by atoms with Crippen LogP contribution in [0.25, 0.3) is 0 Å². The highest BCUT2D eigenvalue weighted by atomic mass is 32.2. The molecular formula is C6H7N3O3S. The van der Waals surface area contributed by atoms with Gasteiger partial charge < -0.3 is 10.4 Å². The van der Waals surface area contributed by atoms with Crippen LogP contribution in [0.4, 0.5) is 0 Å². The number of carboxylic acid groups (broad SMARTS) is 1. The van der Waals surface area contributed by atoms with Crippen molar-refractivity contribution in [1.29, 1.82) is 0 Å². The molecule has 0 aromatic rings. The van der Waals surface area contributed by atoms with Crippen LogP contribution in [-0.4, -0.2) is 34.1 Å². The second-order valence-electron chi connectivity index (χ2n) is 2.24. The topological polar surface area (TPSA) is 91.1 Å². The highest BCUT2D eigenvalue weighted by Crippen LogP contribution is 2.21. The number of amidine groups is 1. The Balaban J connectivity index is 2.61. The first-order valence-electron chi connectivity index (χ1n) is 3.36. The lowest BCUT2D eigenvalue weighted by atomic mass is 10.3. The lowest BCUT2D eigenvalue weighted by Crippen LogP contribution is -2.26. The van der Waals surface area contributed by atoms with Gasteiger partial charge in [0.25, 0.3) is 0 Å². The van der Waals surface area contributed by atoms with Gasteiger partial charge in [-0.15, -0.1) is 5.10 Å². The Morgan fingerprint density at radius 1 is 1.77 bits per heavy atom. The van der Waals surface area contributed by atoms with Crippen LogP contribution in [0.3, 0.4) is 0 Å². The monoisotopic (exact) mass is 201 g/mol. The van der Waals surface area contributed by atoms with Crippen molar-refractivity contribution in [3.05, 3.63) is 0 Å². The predicted octanol–water partition coefficient (Wildman–Crippen LogP) is -0.336. The first-order chi connectivity index (χ1) is 6.13. The van der Waals surface area contributed by atoms with Crippen molar-refractivity contribution in [1.82, 2.24) is 5.32 Å². The number of carbonyl (C=O) groups excluding carboxylic acids is 1. The van der Waals surface area contributed by atoms with Gasteiger partial charge in [0.15, 0.2) is 5.17 Å². The summed E-state index contributed by atoms with van der Waals surface area (Å²) in [6.45, 7) is 3.12. The van der Waals surface area contributed by atoms with Gasteiger partial charge in [-0.3, -0.25) is 9.59 Å². The van der Waals surface area contributed by atoms with Gasteiger partial charge in [0, 0.05) is 6.72 Å². The average Bonchev–Trinajstić information content (AvgIpc) is 2.31. The molecule has 13 heavy (non-hydrogen) atoms. The highest BCUT2D eigenvalue weighted by Gasteiger charge is 2.31. The maximum absolute atomic E-state index is 11.1. The molecule has 2 N–H and O–H groups in total. The third-order valence-corrected chi connectivity index (χ3v) is 2.37. The number of aliphatic carboxylic acids is 1. The smallest absolute Gasteiger partial charge is 0.305 e. The van der Waals surface area contributed by atoms with E-state index in [2.05, 4.69) is 22.2 Å². The Kier molecular flexibility index (Phi) is 3.02. The van der Waals surface area contributed by atoms with Crippen molar-refractivity contribution < 1.29 is 14.7 Å². The van der Waals surface area contributed by atoms with Crippen molar-refractivity contribution in [2.75, 3.05) is 0 Å². The van der Waals surface area contributed by atoms with Gasteiger partial charge in [-0.05, 0) is 0 Å². The summed E-state index contributed by atoms with van der Waals surface area (Å²) in [5, 5.41) is 17.2. The van der Waals surface area contributed by atoms with E-state index >= 15 is 0 Å². The summed E-state index contributed by atoms with van der Waals surface area (Å²) in [4.78, 5) is 21.4. The van der Waals surface area contributed by atoms with Gasteiger partial charge in [-0.25, -0.2) is 0 Å². The second-order valence-corrected chi connectivity index (χ2v) is 3.43. The Bertz CT molecular complexity index is 289. The molecule has 70 valence electrons. The minimum Gasteiger partial charge on any atom is -0.481 e. The van der Waals surface area contributed by atoms with E-state index in [1.165, 1.54) is 0 Å². The molecule has 0 aromatic carbocycles. The van der Waals surface area contributed by atoms with Crippen LogP contribution >= 0.6 is 11.8 Å². The van der Waals surface area contributed by atoms with E-state index in [9.17, 15) is 9.59 Å². The molecular weight excluding hydrogens is 194 g/mol.